The summed E-state index contributed by atoms with van der Waals surface area (Å²) in [6.45, 7) is 2.62. The molecular weight excluding hydrogens is 202 g/mol. The maximum atomic E-state index is 10.6. The number of ether oxygens (including phenoxy) is 1. The molecule has 3 nitrogen and oxygen atoms in total. The molecule has 3 heteroatoms. The summed E-state index contributed by atoms with van der Waals surface area (Å²) in [7, 11) is 0. The third-order valence-electron chi connectivity index (χ3n) is 2.19. The van der Waals surface area contributed by atoms with E-state index in [9.17, 15) is 4.79 Å². The van der Waals surface area contributed by atoms with Gasteiger partial charge in [0.05, 0.1) is 24.8 Å². The highest BCUT2D eigenvalue weighted by Crippen LogP contribution is 2.05. The lowest BCUT2D eigenvalue weighted by atomic mass is 10.1. The zero-order valence-electron chi connectivity index (χ0n) is 9.40. The zero-order valence-corrected chi connectivity index (χ0v) is 9.40. The van der Waals surface area contributed by atoms with Crippen LogP contribution in [0.4, 0.5) is 0 Å². The van der Waals surface area contributed by atoms with Gasteiger partial charge in [-0.1, -0.05) is 12.1 Å². The average molecular weight is 217 g/mol. The molecule has 0 spiro atoms. The quantitative estimate of drug-likeness (QED) is 0.685. The van der Waals surface area contributed by atoms with Gasteiger partial charge in [-0.2, -0.15) is 5.26 Å². The molecule has 1 aromatic rings. The molecule has 0 bridgehead atoms. The minimum atomic E-state index is 0.145. The van der Waals surface area contributed by atoms with E-state index >= 15 is 0 Å². The summed E-state index contributed by atoms with van der Waals surface area (Å²) < 4.78 is 5.32. The number of carbonyl (C=O) groups excluding carboxylic acids is 1. The highest BCUT2D eigenvalue weighted by Gasteiger charge is 1.97. The molecular formula is C13H15NO2. The van der Waals surface area contributed by atoms with Crippen LogP contribution in [-0.4, -0.2) is 19.0 Å². The summed E-state index contributed by atoms with van der Waals surface area (Å²) in [5, 5.41) is 8.71. The Balaban J connectivity index is 2.27. The van der Waals surface area contributed by atoms with E-state index < -0.39 is 0 Å². The first kappa shape index (κ1) is 12.4. The van der Waals surface area contributed by atoms with Gasteiger partial charge >= 0.3 is 0 Å². The molecule has 0 atom stereocenters. The van der Waals surface area contributed by atoms with Crippen LogP contribution in [0.1, 0.15) is 24.5 Å². The standard InChI is InChI=1S/C13H15NO2/c1-11(15)5-7-16-8-6-12-3-2-4-13(9-12)10-14/h2-4,9H,5-8H2,1H3. The van der Waals surface area contributed by atoms with Gasteiger partial charge < -0.3 is 4.74 Å². The molecule has 1 aromatic carbocycles. The Morgan fingerprint density at radius 3 is 2.94 bits per heavy atom. The maximum absolute atomic E-state index is 10.6. The lowest BCUT2D eigenvalue weighted by molar-refractivity contribution is -0.118. The molecule has 0 aliphatic heterocycles. The number of rotatable bonds is 6. The molecule has 0 heterocycles. The van der Waals surface area contributed by atoms with Crippen molar-refractivity contribution in [3.8, 4) is 6.07 Å². The van der Waals surface area contributed by atoms with Crippen molar-refractivity contribution in [3.63, 3.8) is 0 Å². The minimum Gasteiger partial charge on any atom is -0.381 e. The predicted molar refractivity (Wildman–Crippen MR) is 61.0 cm³/mol. The summed E-state index contributed by atoms with van der Waals surface area (Å²) in [6, 6.07) is 9.56. The fourth-order valence-electron chi connectivity index (χ4n) is 1.30. The maximum Gasteiger partial charge on any atom is 0.132 e. The molecule has 84 valence electrons. The molecule has 0 aromatic heterocycles. The van der Waals surface area contributed by atoms with Gasteiger partial charge in [-0.25, -0.2) is 0 Å². The Labute approximate surface area is 95.7 Å². The number of hydrogen-bond donors (Lipinski definition) is 0. The Morgan fingerprint density at radius 1 is 1.44 bits per heavy atom. The number of nitrogens with zero attached hydrogens (tertiary/aromatic N) is 1. The number of carbonyl (C=O) groups is 1. The van der Waals surface area contributed by atoms with Gasteiger partial charge in [0, 0.05) is 6.42 Å². The fourth-order valence-corrected chi connectivity index (χ4v) is 1.30. The van der Waals surface area contributed by atoms with E-state index in [4.69, 9.17) is 10.00 Å². The monoisotopic (exact) mass is 217 g/mol. The SMILES string of the molecule is CC(=O)CCOCCc1cccc(C#N)c1. The first-order valence-electron chi connectivity index (χ1n) is 5.28. The third kappa shape index (κ3) is 4.72. The van der Waals surface area contributed by atoms with E-state index in [1.165, 1.54) is 0 Å². The summed E-state index contributed by atoms with van der Waals surface area (Å²) >= 11 is 0. The van der Waals surface area contributed by atoms with Crippen molar-refractivity contribution in [1.82, 2.24) is 0 Å². The van der Waals surface area contributed by atoms with E-state index in [0.29, 0.717) is 25.2 Å². The predicted octanol–water partition coefficient (Wildman–Crippen LogP) is 2.10. The zero-order chi connectivity index (χ0) is 11.8. The van der Waals surface area contributed by atoms with Crippen molar-refractivity contribution in [2.75, 3.05) is 13.2 Å². The van der Waals surface area contributed by atoms with Gasteiger partial charge in [0.2, 0.25) is 0 Å². The van der Waals surface area contributed by atoms with Crippen molar-refractivity contribution in [3.05, 3.63) is 35.4 Å². The lowest BCUT2D eigenvalue weighted by Crippen LogP contribution is -2.03. The van der Waals surface area contributed by atoms with Crippen LogP contribution in [0.2, 0.25) is 0 Å². The van der Waals surface area contributed by atoms with Gasteiger partial charge in [0.25, 0.3) is 0 Å². The molecule has 0 N–H and O–H groups in total. The summed E-state index contributed by atoms with van der Waals surface area (Å²) in [4.78, 5) is 10.6. The number of hydrogen-bond acceptors (Lipinski definition) is 3. The van der Waals surface area contributed by atoms with Crippen molar-refractivity contribution < 1.29 is 9.53 Å². The Hall–Kier alpha value is -1.66. The number of ketones is 1. The van der Waals surface area contributed by atoms with Crippen LogP contribution in [0.25, 0.3) is 0 Å². The largest absolute Gasteiger partial charge is 0.381 e. The normalized spacial score (nSPS) is 9.75. The molecule has 0 unspecified atom stereocenters. The summed E-state index contributed by atoms with van der Waals surface area (Å²) in [6.07, 6.45) is 1.24. The van der Waals surface area contributed by atoms with Crippen LogP contribution in [0.5, 0.6) is 0 Å². The second-order valence-corrected chi connectivity index (χ2v) is 3.63. The van der Waals surface area contributed by atoms with Crippen LogP contribution in [0.3, 0.4) is 0 Å². The first-order valence-corrected chi connectivity index (χ1v) is 5.28. The van der Waals surface area contributed by atoms with Crippen LogP contribution < -0.4 is 0 Å². The van der Waals surface area contributed by atoms with Gasteiger partial charge in [-0.15, -0.1) is 0 Å². The fraction of sp³-hybridized carbons (Fsp3) is 0.385. The van der Waals surface area contributed by atoms with E-state index in [1.54, 1.807) is 13.0 Å². The van der Waals surface area contributed by atoms with E-state index in [2.05, 4.69) is 6.07 Å². The number of benzene rings is 1. The molecule has 16 heavy (non-hydrogen) atoms. The topological polar surface area (TPSA) is 50.1 Å². The van der Waals surface area contributed by atoms with Crippen LogP contribution >= 0.6 is 0 Å². The van der Waals surface area contributed by atoms with Crippen LogP contribution in [0.15, 0.2) is 24.3 Å². The Kier molecular flexibility index (Phi) is 5.24. The molecule has 0 saturated heterocycles. The second kappa shape index (κ2) is 6.76. The smallest absolute Gasteiger partial charge is 0.132 e. The molecule has 1 rings (SSSR count). The first-order chi connectivity index (χ1) is 7.72. The van der Waals surface area contributed by atoms with Crippen molar-refractivity contribution in [2.45, 2.75) is 19.8 Å². The number of nitriles is 1. The van der Waals surface area contributed by atoms with Crippen molar-refractivity contribution in [1.29, 1.82) is 5.26 Å². The Morgan fingerprint density at radius 2 is 2.25 bits per heavy atom. The van der Waals surface area contributed by atoms with Gasteiger partial charge in [-0.05, 0) is 31.0 Å². The average Bonchev–Trinajstić information content (AvgIpc) is 2.28. The lowest BCUT2D eigenvalue weighted by Gasteiger charge is -2.03. The van der Waals surface area contributed by atoms with Gasteiger partial charge in [-0.3, -0.25) is 4.79 Å². The van der Waals surface area contributed by atoms with Gasteiger partial charge in [0.1, 0.15) is 5.78 Å². The van der Waals surface area contributed by atoms with E-state index in [1.807, 2.05) is 18.2 Å². The van der Waals surface area contributed by atoms with Crippen molar-refractivity contribution >= 4 is 5.78 Å². The molecule has 0 aliphatic carbocycles. The summed E-state index contributed by atoms with van der Waals surface area (Å²) in [5.74, 6) is 0.145. The molecule has 0 fully saturated rings. The summed E-state index contributed by atoms with van der Waals surface area (Å²) in [5.41, 5.74) is 1.75. The minimum absolute atomic E-state index is 0.145. The Bertz CT molecular complexity index is 393. The molecule has 0 radical (unpaired) electrons. The molecule has 0 amide bonds. The van der Waals surface area contributed by atoms with E-state index in [-0.39, 0.29) is 5.78 Å². The second-order valence-electron chi connectivity index (χ2n) is 3.63. The highest BCUT2D eigenvalue weighted by atomic mass is 16.5. The third-order valence-corrected chi connectivity index (χ3v) is 2.19. The van der Waals surface area contributed by atoms with Crippen LogP contribution in [-0.2, 0) is 16.0 Å². The number of Topliss-reactive ketones (excluding diaryl/α,β-unsaturated/α-hetero) is 1. The van der Waals surface area contributed by atoms with Crippen molar-refractivity contribution in [2.24, 2.45) is 0 Å². The van der Waals surface area contributed by atoms with Crippen LogP contribution in [0, 0.1) is 11.3 Å². The van der Waals surface area contributed by atoms with Gasteiger partial charge in [0.15, 0.2) is 0 Å². The molecule has 0 aliphatic rings. The molecule has 0 saturated carbocycles. The highest BCUT2D eigenvalue weighted by molar-refractivity contribution is 5.75. The van der Waals surface area contributed by atoms with E-state index in [0.717, 1.165) is 12.0 Å².